The van der Waals surface area contributed by atoms with Crippen LogP contribution in [0.15, 0.2) is 46.9 Å². The molecular weight excluding hydrogens is 410 g/mol. The highest BCUT2D eigenvalue weighted by atomic mass is 79.9. The first kappa shape index (κ1) is 19.7. The number of carbonyl (C=O) groups is 1. The van der Waals surface area contributed by atoms with Crippen LogP contribution in [0.4, 0.5) is 5.69 Å². The number of anilines is 1. The van der Waals surface area contributed by atoms with Crippen LogP contribution < -0.4 is 14.8 Å². The van der Waals surface area contributed by atoms with Crippen LogP contribution in [0.2, 0.25) is 0 Å². The molecule has 0 radical (unpaired) electrons. The van der Waals surface area contributed by atoms with Gasteiger partial charge in [-0.25, -0.2) is 0 Å². The second kappa shape index (κ2) is 9.24. The number of hydrogen-bond donors (Lipinski definition) is 1. The van der Waals surface area contributed by atoms with E-state index in [1.54, 1.807) is 18.2 Å². The zero-order chi connectivity index (χ0) is 19.2. The summed E-state index contributed by atoms with van der Waals surface area (Å²) in [6.45, 7) is 5.22. The largest absolute Gasteiger partial charge is 0.490 e. The summed E-state index contributed by atoms with van der Waals surface area (Å²) < 4.78 is 17.9. The Kier molecular flexibility index (Phi) is 6.74. The molecule has 1 fully saturated rings. The van der Waals surface area contributed by atoms with Crippen molar-refractivity contribution in [2.24, 2.45) is 0 Å². The third-order valence-corrected chi connectivity index (χ3v) is 4.76. The molecule has 1 amide bonds. The van der Waals surface area contributed by atoms with Crippen LogP contribution in [0.3, 0.4) is 0 Å². The molecule has 1 saturated heterocycles. The van der Waals surface area contributed by atoms with Crippen molar-refractivity contribution in [1.82, 2.24) is 0 Å². The fourth-order valence-electron chi connectivity index (χ4n) is 2.84. The highest BCUT2D eigenvalue weighted by Gasteiger charge is 2.17. The van der Waals surface area contributed by atoms with E-state index in [2.05, 4.69) is 21.2 Å². The van der Waals surface area contributed by atoms with Crippen molar-refractivity contribution >= 4 is 27.5 Å². The molecule has 0 spiro atoms. The van der Waals surface area contributed by atoms with Crippen LogP contribution in [0, 0.1) is 0 Å². The van der Waals surface area contributed by atoms with Gasteiger partial charge in [-0.1, -0.05) is 12.1 Å². The second-order valence-corrected chi connectivity index (χ2v) is 7.56. The molecule has 6 heteroatoms. The van der Waals surface area contributed by atoms with E-state index in [9.17, 15) is 4.79 Å². The van der Waals surface area contributed by atoms with Gasteiger partial charge in [-0.2, -0.15) is 0 Å². The lowest BCUT2D eigenvalue weighted by Crippen LogP contribution is -2.17. The molecule has 1 aliphatic rings. The van der Waals surface area contributed by atoms with Gasteiger partial charge < -0.3 is 19.5 Å². The Morgan fingerprint density at radius 2 is 2.07 bits per heavy atom. The van der Waals surface area contributed by atoms with E-state index in [-0.39, 0.29) is 18.1 Å². The first-order valence-electron chi connectivity index (χ1n) is 9.14. The Hall–Kier alpha value is -2.05. The molecule has 1 N–H and O–H groups in total. The lowest BCUT2D eigenvalue weighted by Gasteiger charge is -2.15. The number of nitrogens with one attached hydrogen (secondary N) is 1. The molecule has 144 valence electrons. The summed E-state index contributed by atoms with van der Waals surface area (Å²) in [7, 11) is 0. The number of halogens is 1. The van der Waals surface area contributed by atoms with Crippen LogP contribution >= 0.6 is 15.9 Å². The van der Waals surface area contributed by atoms with E-state index in [0.717, 1.165) is 23.9 Å². The predicted molar refractivity (Wildman–Crippen MR) is 109 cm³/mol. The van der Waals surface area contributed by atoms with Gasteiger partial charge in [0, 0.05) is 12.2 Å². The molecule has 2 aromatic carbocycles. The Morgan fingerprint density at radius 1 is 1.26 bits per heavy atom. The molecule has 0 saturated carbocycles. The van der Waals surface area contributed by atoms with E-state index in [4.69, 9.17) is 14.2 Å². The molecular formula is C21H24BrNO4. The number of carbonyl (C=O) groups excluding carboxylic acids is 1. The molecule has 5 nitrogen and oxygen atoms in total. The van der Waals surface area contributed by atoms with Gasteiger partial charge in [0.15, 0.2) is 0 Å². The summed E-state index contributed by atoms with van der Waals surface area (Å²) in [5.74, 6) is 1.14. The van der Waals surface area contributed by atoms with Gasteiger partial charge in [-0.05, 0) is 73.0 Å². The van der Waals surface area contributed by atoms with Gasteiger partial charge in [0.2, 0.25) is 0 Å². The first-order chi connectivity index (χ1) is 13.0. The predicted octanol–water partition coefficient (Wildman–Crippen LogP) is 5.05. The summed E-state index contributed by atoms with van der Waals surface area (Å²) in [4.78, 5) is 12.6. The molecule has 1 aliphatic heterocycles. The molecule has 0 bridgehead atoms. The van der Waals surface area contributed by atoms with Crippen molar-refractivity contribution in [3.8, 4) is 11.5 Å². The summed E-state index contributed by atoms with van der Waals surface area (Å²) in [6.07, 6.45) is 2.28. The zero-order valence-corrected chi connectivity index (χ0v) is 17.1. The number of rotatable bonds is 7. The molecule has 0 aliphatic carbocycles. The van der Waals surface area contributed by atoms with Gasteiger partial charge in [0.1, 0.15) is 18.1 Å². The minimum atomic E-state index is -0.207. The second-order valence-electron chi connectivity index (χ2n) is 6.71. The number of hydrogen-bond acceptors (Lipinski definition) is 4. The van der Waals surface area contributed by atoms with Crippen molar-refractivity contribution < 1.29 is 19.0 Å². The Balaban J connectivity index is 1.66. The lowest BCUT2D eigenvalue weighted by molar-refractivity contribution is 0.0677. The minimum absolute atomic E-state index is 0.0254. The maximum absolute atomic E-state index is 12.6. The highest BCUT2D eigenvalue weighted by molar-refractivity contribution is 9.10. The van der Waals surface area contributed by atoms with E-state index in [1.807, 2.05) is 38.1 Å². The smallest absolute Gasteiger partial charge is 0.255 e. The van der Waals surface area contributed by atoms with Crippen LogP contribution in [0.25, 0.3) is 0 Å². The van der Waals surface area contributed by atoms with Crippen molar-refractivity contribution in [2.75, 3.05) is 18.5 Å². The van der Waals surface area contributed by atoms with E-state index in [1.165, 1.54) is 0 Å². The molecule has 2 aromatic rings. The number of benzene rings is 2. The summed E-state index contributed by atoms with van der Waals surface area (Å²) >= 11 is 3.49. The zero-order valence-electron chi connectivity index (χ0n) is 15.5. The average Bonchev–Trinajstić information content (AvgIpc) is 3.15. The Bertz CT molecular complexity index is 788. The van der Waals surface area contributed by atoms with Crippen LogP contribution in [-0.2, 0) is 4.74 Å². The maximum Gasteiger partial charge on any atom is 0.255 e. The SMILES string of the molecule is CC(C)Oc1ccccc1NC(=O)c1ccc(OCC2CCCO2)c(Br)c1. The summed E-state index contributed by atoms with van der Waals surface area (Å²) in [5, 5.41) is 2.91. The summed E-state index contributed by atoms with van der Waals surface area (Å²) in [5.41, 5.74) is 1.18. The maximum atomic E-state index is 12.6. The van der Waals surface area contributed by atoms with E-state index >= 15 is 0 Å². The van der Waals surface area contributed by atoms with Gasteiger partial charge in [0.05, 0.1) is 22.4 Å². The molecule has 1 heterocycles. The normalized spacial score (nSPS) is 16.4. The minimum Gasteiger partial charge on any atom is -0.490 e. The van der Waals surface area contributed by atoms with E-state index < -0.39 is 0 Å². The quantitative estimate of drug-likeness (QED) is 0.663. The van der Waals surface area contributed by atoms with E-state index in [0.29, 0.717) is 29.4 Å². The highest BCUT2D eigenvalue weighted by Crippen LogP contribution is 2.29. The van der Waals surface area contributed by atoms with Crippen molar-refractivity contribution in [3.63, 3.8) is 0 Å². The molecule has 1 unspecified atom stereocenters. The monoisotopic (exact) mass is 433 g/mol. The summed E-state index contributed by atoms with van der Waals surface area (Å²) in [6, 6.07) is 12.7. The number of para-hydroxylation sites is 2. The molecule has 3 rings (SSSR count). The molecule has 0 aromatic heterocycles. The number of amides is 1. The standard InChI is InChI=1S/C21H24BrNO4/c1-14(2)27-20-8-4-3-7-18(20)23-21(24)15-9-10-19(17(22)12-15)26-13-16-6-5-11-25-16/h3-4,7-10,12,14,16H,5-6,11,13H2,1-2H3,(H,23,24). The van der Waals surface area contributed by atoms with Gasteiger partial charge in [-0.15, -0.1) is 0 Å². The molecule has 27 heavy (non-hydrogen) atoms. The van der Waals surface area contributed by atoms with Crippen molar-refractivity contribution in [2.45, 2.75) is 38.9 Å². The van der Waals surface area contributed by atoms with Crippen molar-refractivity contribution in [1.29, 1.82) is 0 Å². The van der Waals surface area contributed by atoms with Crippen molar-refractivity contribution in [3.05, 3.63) is 52.5 Å². The molecule has 1 atom stereocenters. The van der Waals surface area contributed by atoms with Gasteiger partial charge in [-0.3, -0.25) is 4.79 Å². The Labute approximate surface area is 168 Å². The first-order valence-corrected chi connectivity index (χ1v) is 9.93. The lowest BCUT2D eigenvalue weighted by atomic mass is 10.2. The fourth-order valence-corrected chi connectivity index (χ4v) is 3.33. The van der Waals surface area contributed by atoms with Gasteiger partial charge >= 0.3 is 0 Å². The third-order valence-electron chi connectivity index (χ3n) is 4.14. The third kappa shape index (κ3) is 5.47. The van der Waals surface area contributed by atoms with Gasteiger partial charge in [0.25, 0.3) is 5.91 Å². The Morgan fingerprint density at radius 3 is 2.78 bits per heavy atom. The van der Waals surface area contributed by atoms with Crippen LogP contribution in [0.5, 0.6) is 11.5 Å². The average molecular weight is 434 g/mol. The fraction of sp³-hybridized carbons (Fsp3) is 0.381. The van der Waals surface area contributed by atoms with Crippen LogP contribution in [0.1, 0.15) is 37.0 Å². The topological polar surface area (TPSA) is 56.8 Å². The number of ether oxygens (including phenoxy) is 3. The van der Waals surface area contributed by atoms with Crippen LogP contribution in [-0.4, -0.2) is 31.3 Å².